The molecule has 1 aromatic carbocycles. The normalized spacial score (nSPS) is 12.3. The maximum absolute atomic E-state index is 12.5. The molecule has 1 unspecified atom stereocenters. The second-order valence-corrected chi connectivity index (χ2v) is 6.20. The third kappa shape index (κ3) is 2.95. The summed E-state index contributed by atoms with van der Waals surface area (Å²) in [6.45, 7) is 2.14. The molecular weight excluding hydrogens is 330 g/mol. The fourth-order valence-electron chi connectivity index (χ4n) is 2.92. The predicted octanol–water partition coefficient (Wildman–Crippen LogP) is 1.86. The summed E-state index contributed by atoms with van der Waals surface area (Å²) in [5.41, 5.74) is 1.06. The van der Waals surface area contributed by atoms with Crippen molar-refractivity contribution < 1.29 is 4.79 Å². The van der Waals surface area contributed by atoms with Gasteiger partial charge in [-0.25, -0.2) is 9.67 Å². The van der Waals surface area contributed by atoms with Crippen LogP contribution in [0, 0.1) is 0 Å². The fourth-order valence-corrected chi connectivity index (χ4v) is 2.92. The Balaban J connectivity index is 1.51. The van der Waals surface area contributed by atoms with Crippen LogP contribution in [0.25, 0.3) is 16.4 Å². The Hall–Kier alpha value is -3.48. The first-order valence-electron chi connectivity index (χ1n) is 8.30. The molecule has 130 valence electrons. The molecule has 7 heteroatoms. The van der Waals surface area contributed by atoms with E-state index in [-0.39, 0.29) is 17.5 Å². The van der Waals surface area contributed by atoms with Crippen molar-refractivity contribution >= 4 is 22.3 Å². The number of carbonyl (C=O) groups is 1. The molecule has 1 amide bonds. The molecule has 1 N–H and O–H groups in total. The number of amides is 1. The quantitative estimate of drug-likeness (QED) is 0.611. The number of aromatic nitrogens is 4. The third-order valence-corrected chi connectivity index (χ3v) is 4.25. The van der Waals surface area contributed by atoms with Gasteiger partial charge in [0, 0.05) is 35.6 Å². The molecule has 7 nitrogen and oxygen atoms in total. The van der Waals surface area contributed by atoms with Crippen molar-refractivity contribution in [1.29, 1.82) is 0 Å². The number of fused-ring (bicyclic) bond motifs is 2. The molecule has 4 rings (SSSR count). The Kier molecular flexibility index (Phi) is 3.96. The zero-order chi connectivity index (χ0) is 18.1. The summed E-state index contributed by atoms with van der Waals surface area (Å²) < 4.78 is 3.21. The van der Waals surface area contributed by atoms with Crippen LogP contribution in [0.1, 0.15) is 17.3 Å². The molecule has 0 aliphatic carbocycles. The van der Waals surface area contributed by atoms with Crippen LogP contribution in [0.4, 0.5) is 0 Å². The van der Waals surface area contributed by atoms with E-state index in [0.717, 1.165) is 5.39 Å². The summed E-state index contributed by atoms with van der Waals surface area (Å²) in [6.07, 6.45) is 6.95. The highest BCUT2D eigenvalue weighted by Crippen LogP contribution is 2.08. The average molecular weight is 347 g/mol. The van der Waals surface area contributed by atoms with Gasteiger partial charge in [0.2, 0.25) is 0 Å². The number of rotatable bonds is 4. The molecule has 0 aliphatic rings. The number of pyridine rings is 1. The number of nitrogens with zero attached hydrogens (tertiary/aromatic N) is 4. The van der Waals surface area contributed by atoms with Gasteiger partial charge in [0.25, 0.3) is 11.5 Å². The van der Waals surface area contributed by atoms with Gasteiger partial charge >= 0.3 is 0 Å². The van der Waals surface area contributed by atoms with Gasteiger partial charge in [-0.2, -0.15) is 5.10 Å². The largest absolute Gasteiger partial charge is 0.348 e. The lowest BCUT2D eigenvalue weighted by molar-refractivity contribution is 0.0935. The molecule has 26 heavy (non-hydrogen) atoms. The van der Waals surface area contributed by atoms with E-state index >= 15 is 0 Å². The molecule has 3 aromatic heterocycles. The van der Waals surface area contributed by atoms with Crippen molar-refractivity contribution in [2.75, 3.05) is 0 Å². The van der Waals surface area contributed by atoms with Crippen molar-refractivity contribution in [3.05, 3.63) is 77.1 Å². The van der Waals surface area contributed by atoms with Gasteiger partial charge in [-0.15, -0.1) is 0 Å². The van der Waals surface area contributed by atoms with Gasteiger partial charge in [-0.1, -0.05) is 18.2 Å². The summed E-state index contributed by atoms with van der Waals surface area (Å²) in [5.74, 6) is -0.211. The van der Waals surface area contributed by atoms with Crippen molar-refractivity contribution in [2.24, 2.45) is 0 Å². The molecule has 0 bridgehead atoms. The monoisotopic (exact) mass is 347 g/mol. The maximum atomic E-state index is 12.5. The van der Waals surface area contributed by atoms with E-state index in [1.54, 1.807) is 36.8 Å². The molecule has 1 atom stereocenters. The highest BCUT2D eigenvalue weighted by atomic mass is 16.2. The molecule has 3 heterocycles. The summed E-state index contributed by atoms with van der Waals surface area (Å²) in [7, 11) is 0. The van der Waals surface area contributed by atoms with Gasteiger partial charge < -0.3 is 9.72 Å². The Morgan fingerprint density at radius 3 is 2.96 bits per heavy atom. The Morgan fingerprint density at radius 2 is 2.08 bits per heavy atom. The summed E-state index contributed by atoms with van der Waals surface area (Å²) in [5, 5.41) is 8.52. The van der Waals surface area contributed by atoms with Gasteiger partial charge in [0.05, 0.1) is 18.1 Å². The average Bonchev–Trinajstić information content (AvgIpc) is 3.12. The number of carbonyl (C=O) groups excluding carboxylic acids is 1. The Labute approximate surface area is 148 Å². The smallest absolute Gasteiger partial charge is 0.274 e. The zero-order valence-electron chi connectivity index (χ0n) is 14.2. The van der Waals surface area contributed by atoms with Gasteiger partial charge in [-0.05, 0) is 25.1 Å². The van der Waals surface area contributed by atoms with E-state index in [0.29, 0.717) is 23.1 Å². The number of nitrogens with one attached hydrogen (secondary N) is 1. The minimum Gasteiger partial charge on any atom is -0.348 e. The minimum atomic E-state index is -0.259. The highest BCUT2D eigenvalue weighted by molar-refractivity contribution is 5.95. The van der Waals surface area contributed by atoms with E-state index in [1.807, 2.05) is 35.7 Å². The zero-order valence-corrected chi connectivity index (χ0v) is 14.2. The van der Waals surface area contributed by atoms with Crippen LogP contribution >= 0.6 is 0 Å². The van der Waals surface area contributed by atoms with E-state index in [9.17, 15) is 9.59 Å². The van der Waals surface area contributed by atoms with E-state index < -0.39 is 0 Å². The molecule has 0 saturated carbocycles. The molecule has 0 spiro atoms. The summed E-state index contributed by atoms with van der Waals surface area (Å²) in [4.78, 5) is 29.1. The van der Waals surface area contributed by atoms with Crippen LogP contribution < -0.4 is 10.9 Å². The lowest BCUT2D eigenvalue weighted by atomic mass is 10.2. The third-order valence-electron chi connectivity index (χ3n) is 4.25. The second kappa shape index (κ2) is 6.44. The van der Waals surface area contributed by atoms with E-state index in [2.05, 4.69) is 15.4 Å². The Morgan fingerprint density at radius 1 is 1.23 bits per heavy atom. The summed E-state index contributed by atoms with van der Waals surface area (Å²) in [6, 6.07) is 10.5. The van der Waals surface area contributed by atoms with Crippen LogP contribution in [-0.2, 0) is 6.54 Å². The van der Waals surface area contributed by atoms with Gasteiger partial charge in [0.1, 0.15) is 5.65 Å². The first kappa shape index (κ1) is 16.0. The standard InChI is InChI=1S/C19H17N5O2/c1-13(12-24-19(26)16-5-3-2-4-15(16)11-21-24)22-18(25)14-6-8-23-9-7-20-17(23)10-14/h2-11,13H,12H2,1H3,(H,22,25). The molecule has 0 radical (unpaired) electrons. The number of hydrogen-bond acceptors (Lipinski definition) is 4. The highest BCUT2D eigenvalue weighted by Gasteiger charge is 2.13. The van der Waals surface area contributed by atoms with Crippen LogP contribution in [-0.4, -0.2) is 31.1 Å². The van der Waals surface area contributed by atoms with Crippen LogP contribution in [0.15, 0.2) is 66.0 Å². The lowest BCUT2D eigenvalue weighted by Gasteiger charge is -2.15. The molecule has 0 fully saturated rings. The van der Waals surface area contributed by atoms with Gasteiger partial charge in [-0.3, -0.25) is 9.59 Å². The molecule has 0 saturated heterocycles. The lowest BCUT2D eigenvalue weighted by Crippen LogP contribution is -2.39. The van der Waals surface area contributed by atoms with Crippen molar-refractivity contribution in [2.45, 2.75) is 19.5 Å². The summed E-state index contributed by atoms with van der Waals surface area (Å²) >= 11 is 0. The minimum absolute atomic E-state index is 0.164. The maximum Gasteiger partial charge on any atom is 0.274 e. The van der Waals surface area contributed by atoms with Crippen molar-refractivity contribution in [1.82, 2.24) is 24.5 Å². The fraction of sp³-hybridized carbons (Fsp3) is 0.158. The predicted molar refractivity (Wildman–Crippen MR) is 98.1 cm³/mol. The van der Waals surface area contributed by atoms with E-state index in [4.69, 9.17) is 0 Å². The van der Waals surface area contributed by atoms with Crippen LogP contribution in [0.2, 0.25) is 0 Å². The number of benzene rings is 1. The second-order valence-electron chi connectivity index (χ2n) is 6.20. The first-order valence-corrected chi connectivity index (χ1v) is 8.30. The van der Waals surface area contributed by atoms with Crippen molar-refractivity contribution in [3.8, 4) is 0 Å². The first-order chi connectivity index (χ1) is 12.6. The molecular formula is C19H17N5O2. The van der Waals surface area contributed by atoms with Gasteiger partial charge in [0.15, 0.2) is 0 Å². The SMILES string of the molecule is CC(Cn1ncc2ccccc2c1=O)NC(=O)c1ccn2ccnc2c1. The van der Waals surface area contributed by atoms with E-state index in [1.165, 1.54) is 4.68 Å². The Bertz CT molecular complexity index is 1160. The number of hydrogen-bond donors (Lipinski definition) is 1. The van der Waals surface area contributed by atoms with Crippen molar-refractivity contribution in [3.63, 3.8) is 0 Å². The van der Waals surface area contributed by atoms with Crippen LogP contribution in [0.3, 0.4) is 0 Å². The van der Waals surface area contributed by atoms with Crippen LogP contribution in [0.5, 0.6) is 0 Å². The number of imidazole rings is 1. The topological polar surface area (TPSA) is 81.3 Å². The molecule has 0 aliphatic heterocycles. The molecule has 4 aromatic rings.